The summed E-state index contributed by atoms with van der Waals surface area (Å²) in [5.41, 5.74) is 0.733. The number of benzene rings is 1. The number of carbonyl (C=O) groups is 2. The van der Waals surface area contributed by atoms with Gasteiger partial charge < -0.3 is 10.6 Å². The zero-order valence-corrected chi connectivity index (χ0v) is 13.4. The van der Waals surface area contributed by atoms with Gasteiger partial charge in [0.05, 0.1) is 21.8 Å². The number of hydrogen-bond acceptors (Lipinski definition) is 3. The van der Waals surface area contributed by atoms with Gasteiger partial charge in [-0.3, -0.25) is 9.59 Å². The summed E-state index contributed by atoms with van der Waals surface area (Å²) >= 11 is 12.1. The van der Waals surface area contributed by atoms with Gasteiger partial charge in [0, 0.05) is 18.5 Å². The minimum absolute atomic E-state index is 0.100. The Labute approximate surface area is 128 Å². The van der Waals surface area contributed by atoms with Crippen molar-refractivity contribution < 1.29 is 9.59 Å². The first-order valence-electron chi connectivity index (χ1n) is 6.29. The lowest BCUT2D eigenvalue weighted by Gasteiger charge is -2.17. The van der Waals surface area contributed by atoms with Gasteiger partial charge in [-0.05, 0) is 19.1 Å². The molecule has 6 heteroatoms. The first-order valence-corrected chi connectivity index (χ1v) is 7.04. The molecule has 0 aromatic heterocycles. The van der Waals surface area contributed by atoms with E-state index < -0.39 is 0 Å². The van der Waals surface area contributed by atoms with E-state index in [1.165, 1.54) is 19.1 Å². The topological polar surface area (TPSA) is 58.2 Å². The number of nitrogens with one attached hydrogen (secondary N) is 2. The van der Waals surface area contributed by atoms with Gasteiger partial charge in [-0.2, -0.15) is 0 Å². The Kier molecular flexibility index (Phi) is 5.99. The van der Waals surface area contributed by atoms with E-state index in [0.717, 1.165) is 0 Å². The van der Waals surface area contributed by atoms with Crippen LogP contribution >= 0.6 is 23.2 Å². The van der Waals surface area contributed by atoms with Crippen LogP contribution in [0.2, 0.25) is 10.0 Å². The van der Waals surface area contributed by atoms with Crippen LogP contribution in [-0.4, -0.2) is 23.8 Å². The number of anilines is 1. The molecule has 0 aliphatic heterocycles. The van der Waals surface area contributed by atoms with Gasteiger partial charge in [0.1, 0.15) is 0 Å². The Morgan fingerprint density at radius 1 is 1.10 bits per heavy atom. The second-order valence-corrected chi connectivity index (χ2v) is 5.72. The van der Waals surface area contributed by atoms with E-state index in [1.54, 1.807) is 6.92 Å². The van der Waals surface area contributed by atoms with Crippen molar-refractivity contribution in [3.63, 3.8) is 0 Å². The fourth-order valence-electron chi connectivity index (χ4n) is 1.84. The molecule has 0 bridgehead atoms. The third kappa shape index (κ3) is 4.47. The predicted octanol–water partition coefficient (Wildman–Crippen LogP) is 3.52. The molecule has 1 aromatic rings. The van der Waals surface area contributed by atoms with Crippen molar-refractivity contribution in [1.82, 2.24) is 5.32 Å². The van der Waals surface area contributed by atoms with Crippen molar-refractivity contribution in [3.05, 3.63) is 27.7 Å². The second-order valence-electron chi connectivity index (χ2n) is 4.90. The van der Waals surface area contributed by atoms with E-state index in [0.29, 0.717) is 11.3 Å². The van der Waals surface area contributed by atoms with E-state index in [-0.39, 0.29) is 33.8 Å². The molecule has 1 rings (SSSR count). The Bertz CT molecular complexity index is 507. The number of hydrogen-bond donors (Lipinski definition) is 2. The van der Waals surface area contributed by atoms with Crippen molar-refractivity contribution in [1.29, 1.82) is 0 Å². The van der Waals surface area contributed by atoms with Crippen LogP contribution in [0.5, 0.6) is 0 Å². The summed E-state index contributed by atoms with van der Waals surface area (Å²) in [6, 6.07) is 2.88. The Balaban J connectivity index is 3.04. The molecule has 20 heavy (non-hydrogen) atoms. The number of ketones is 1. The molecule has 0 saturated heterocycles. The zero-order chi connectivity index (χ0) is 15.4. The first kappa shape index (κ1) is 17.0. The molecule has 0 radical (unpaired) electrons. The van der Waals surface area contributed by atoms with Crippen LogP contribution in [0.3, 0.4) is 0 Å². The van der Waals surface area contributed by atoms with Gasteiger partial charge in [0.2, 0.25) is 5.91 Å². The van der Waals surface area contributed by atoms with Crippen LogP contribution in [0.15, 0.2) is 12.1 Å². The van der Waals surface area contributed by atoms with Crippen LogP contribution in [0.1, 0.15) is 38.1 Å². The van der Waals surface area contributed by atoms with Crippen LogP contribution < -0.4 is 10.6 Å². The van der Waals surface area contributed by atoms with Crippen molar-refractivity contribution in [2.45, 2.75) is 39.8 Å². The number of rotatable bonds is 5. The van der Waals surface area contributed by atoms with Gasteiger partial charge in [-0.1, -0.05) is 37.0 Å². The van der Waals surface area contributed by atoms with Crippen molar-refractivity contribution in [2.24, 2.45) is 0 Å². The highest BCUT2D eigenvalue weighted by atomic mass is 35.5. The zero-order valence-electron chi connectivity index (χ0n) is 11.9. The van der Waals surface area contributed by atoms with E-state index in [9.17, 15) is 9.59 Å². The molecule has 0 spiro atoms. The molecule has 110 valence electrons. The molecule has 0 aliphatic rings. The van der Waals surface area contributed by atoms with Gasteiger partial charge >= 0.3 is 0 Å². The maximum Gasteiger partial charge on any atom is 0.221 e. The number of halogens is 2. The van der Waals surface area contributed by atoms with Crippen LogP contribution in [-0.2, 0) is 4.79 Å². The third-order valence-electron chi connectivity index (χ3n) is 2.60. The highest BCUT2D eigenvalue weighted by Gasteiger charge is 2.19. The van der Waals surface area contributed by atoms with Crippen molar-refractivity contribution in [3.8, 4) is 0 Å². The molecule has 0 heterocycles. The Hall–Kier alpha value is -1.10. The Morgan fingerprint density at radius 3 is 2.00 bits per heavy atom. The Morgan fingerprint density at radius 2 is 1.60 bits per heavy atom. The van der Waals surface area contributed by atoms with Crippen LogP contribution in [0, 0.1) is 0 Å². The lowest BCUT2D eigenvalue weighted by atomic mass is 10.0. The summed E-state index contributed by atoms with van der Waals surface area (Å²) in [5.74, 6) is -0.375. The third-order valence-corrected chi connectivity index (χ3v) is 3.20. The average molecular weight is 317 g/mol. The lowest BCUT2D eigenvalue weighted by molar-refractivity contribution is -0.114. The van der Waals surface area contributed by atoms with Crippen LogP contribution in [0.4, 0.5) is 5.69 Å². The molecular formula is C14H18Cl2N2O2. The van der Waals surface area contributed by atoms with Crippen LogP contribution in [0.25, 0.3) is 0 Å². The molecule has 1 aromatic carbocycles. The number of carbonyl (C=O) groups excluding carboxylic acids is 2. The fraction of sp³-hybridized carbons (Fsp3) is 0.429. The average Bonchev–Trinajstić information content (AvgIpc) is 2.31. The van der Waals surface area contributed by atoms with E-state index in [2.05, 4.69) is 10.6 Å². The van der Waals surface area contributed by atoms with Gasteiger partial charge in [-0.25, -0.2) is 0 Å². The second kappa shape index (κ2) is 7.07. The SMILES string of the molecule is CC(=O)Nc1c(Cl)cc(C(=O)C(C)NC(C)C)cc1Cl. The monoisotopic (exact) mass is 316 g/mol. The van der Waals surface area contributed by atoms with Gasteiger partial charge in [0.15, 0.2) is 5.78 Å². The maximum atomic E-state index is 12.3. The van der Waals surface area contributed by atoms with Gasteiger partial charge in [-0.15, -0.1) is 0 Å². The normalized spacial score (nSPS) is 12.3. The molecule has 0 saturated carbocycles. The highest BCUT2D eigenvalue weighted by Crippen LogP contribution is 2.32. The molecule has 0 fully saturated rings. The summed E-state index contributed by atoms with van der Waals surface area (Å²) in [6.07, 6.45) is 0. The van der Waals surface area contributed by atoms with E-state index in [1.807, 2.05) is 13.8 Å². The van der Waals surface area contributed by atoms with Crippen molar-refractivity contribution in [2.75, 3.05) is 5.32 Å². The lowest BCUT2D eigenvalue weighted by Crippen LogP contribution is -2.38. The standard InChI is InChI=1S/C14H18Cl2N2O2/c1-7(2)17-8(3)14(20)10-5-11(15)13(12(16)6-10)18-9(4)19/h5-8,17H,1-4H3,(H,18,19). The number of Topliss-reactive ketones (excluding diaryl/α,β-unsaturated/α-hetero) is 1. The maximum absolute atomic E-state index is 12.3. The number of amides is 1. The van der Waals surface area contributed by atoms with E-state index in [4.69, 9.17) is 23.2 Å². The van der Waals surface area contributed by atoms with Crippen molar-refractivity contribution >= 4 is 40.6 Å². The molecule has 2 N–H and O–H groups in total. The molecule has 4 nitrogen and oxygen atoms in total. The first-order chi connectivity index (χ1) is 9.22. The summed E-state index contributed by atoms with van der Waals surface area (Å²) in [6.45, 7) is 7.07. The summed E-state index contributed by atoms with van der Waals surface area (Å²) in [4.78, 5) is 23.3. The predicted molar refractivity (Wildman–Crippen MR) is 82.8 cm³/mol. The molecule has 0 aliphatic carbocycles. The van der Waals surface area contributed by atoms with E-state index >= 15 is 0 Å². The molecular weight excluding hydrogens is 299 g/mol. The largest absolute Gasteiger partial charge is 0.324 e. The fourth-order valence-corrected chi connectivity index (χ4v) is 2.42. The molecule has 1 atom stereocenters. The summed E-state index contributed by atoms with van der Waals surface area (Å²) in [7, 11) is 0. The molecule has 1 unspecified atom stereocenters. The molecule has 1 amide bonds. The quantitative estimate of drug-likeness (QED) is 0.817. The highest BCUT2D eigenvalue weighted by molar-refractivity contribution is 6.40. The summed E-state index contributed by atoms with van der Waals surface area (Å²) < 4.78 is 0. The smallest absolute Gasteiger partial charge is 0.221 e. The summed E-state index contributed by atoms with van der Waals surface area (Å²) in [5, 5.41) is 6.15. The minimum Gasteiger partial charge on any atom is -0.324 e. The minimum atomic E-state index is -0.339. The van der Waals surface area contributed by atoms with Gasteiger partial charge in [0.25, 0.3) is 0 Å².